The number of nitrogens with zero attached hydrogens (tertiary/aromatic N) is 1. The molecule has 0 unspecified atom stereocenters. The van der Waals surface area contributed by atoms with Gasteiger partial charge in [-0.25, -0.2) is 0 Å². The van der Waals surface area contributed by atoms with Gasteiger partial charge >= 0.3 is 0 Å². The Morgan fingerprint density at radius 2 is 2.18 bits per heavy atom. The molecule has 0 bridgehead atoms. The van der Waals surface area contributed by atoms with Crippen molar-refractivity contribution >= 4 is 23.7 Å². The predicted octanol–water partition coefficient (Wildman–Crippen LogP) is 3.14. The lowest BCUT2D eigenvalue weighted by Crippen LogP contribution is -2.43. The topological polar surface area (TPSA) is 20.3 Å². The van der Waals surface area contributed by atoms with Crippen LogP contribution in [0.2, 0.25) is 0 Å². The quantitative estimate of drug-likeness (QED) is 0.751. The maximum atomic E-state index is 10.7. The zero-order valence-electron chi connectivity index (χ0n) is 10.7. The van der Waals surface area contributed by atoms with Crippen LogP contribution in [0.5, 0.6) is 0 Å². The number of benzene rings is 1. The van der Waals surface area contributed by atoms with Crippen LogP contribution in [0.15, 0.2) is 18.2 Å². The van der Waals surface area contributed by atoms with Crippen molar-refractivity contribution in [2.24, 2.45) is 0 Å². The smallest absolute Gasteiger partial charge is 0.150 e. The van der Waals surface area contributed by atoms with Crippen LogP contribution in [-0.2, 0) is 0 Å². The molecule has 3 heteroatoms. The fraction of sp³-hybridized carbons (Fsp3) is 0.500. The molecule has 92 valence electrons. The third-order valence-corrected chi connectivity index (χ3v) is 4.42. The van der Waals surface area contributed by atoms with E-state index in [1.54, 1.807) is 0 Å². The predicted molar refractivity (Wildman–Crippen MR) is 75.3 cm³/mol. The molecule has 2 rings (SSSR count). The van der Waals surface area contributed by atoms with Gasteiger partial charge < -0.3 is 4.90 Å². The van der Waals surface area contributed by atoms with Gasteiger partial charge in [0.2, 0.25) is 0 Å². The average molecular weight is 249 g/mol. The first-order chi connectivity index (χ1) is 8.02. The van der Waals surface area contributed by atoms with E-state index in [0.717, 1.165) is 24.9 Å². The van der Waals surface area contributed by atoms with Crippen molar-refractivity contribution in [3.8, 4) is 0 Å². The third-order valence-electron chi connectivity index (χ3n) is 3.12. The van der Waals surface area contributed by atoms with Crippen molar-refractivity contribution in [3.05, 3.63) is 29.3 Å². The van der Waals surface area contributed by atoms with Crippen LogP contribution in [0, 0.1) is 6.92 Å². The number of carbonyl (C=O) groups is 1. The van der Waals surface area contributed by atoms with E-state index in [1.807, 2.05) is 23.9 Å². The van der Waals surface area contributed by atoms with E-state index >= 15 is 0 Å². The van der Waals surface area contributed by atoms with Crippen LogP contribution in [-0.4, -0.2) is 29.9 Å². The van der Waals surface area contributed by atoms with Crippen LogP contribution in [0.4, 0.5) is 5.69 Å². The van der Waals surface area contributed by atoms with Crippen molar-refractivity contribution < 1.29 is 4.79 Å². The van der Waals surface area contributed by atoms with E-state index in [2.05, 4.69) is 31.7 Å². The summed E-state index contributed by atoms with van der Waals surface area (Å²) >= 11 is 2.03. The standard InChI is InChI=1S/C14H19NOS/c1-11-8-12(9-16)4-5-13(11)15-6-7-17-14(2,3)10-15/h4-5,8-9H,6-7,10H2,1-3H3. The molecule has 1 aliphatic heterocycles. The Balaban J connectivity index is 2.25. The Morgan fingerprint density at radius 3 is 2.76 bits per heavy atom. The third kappa shape index (κ3) is 2.83. The Morgan fingerprint density at radius 1 is 1.41 bits per heavy atom. The highest BCUT2D eigenvalue weighted by Gasteiger charge is 2.27. The minimum absolute atomic E-state index is 0.314. The highest BCUT2D eigenvalue weighted by atomic mass is 32.2. The van der Waals surface area contributed by atoms with Gasteiger partial charge in [0.25, 0.3) is 0 Å². The van der Waals surface area contributed by atoms with E-state index in [1.165, 1.54) is 17.0 Å². The monoisotopic (exact) mass is 249 g/mol. The molecule has 0 amide bonds. The Labute approximate surface area is 107 Å². The summed E-state index contributed by atoms with van der Waals surface area (Å²) < 4.78 is 0.314. The molecular weight excluding hydrogens is 230 g/mol. The fourth-order valence-corrected chi connectivity index (χ4v) is 3.44. The van der Waals surface area contributed by atoms with Crippen LogP contribution >= 0.6 is 11.8 Å². The van der Waals surface area contributed by atoms with Gasteiger partial charge in [0.1, 0.15) is 6.29 Å². The molecule has 1 fully saturated rings. The molecule has 1 aliphatic rings. The number of carbonyl (C=O) groups excluding carboxylic acids is 1. The second kappa shape index (κ2) is 4.73. The summed E-state index contributed by atoms with van der Waals surface area (Å²) in [6.07, 6.45) is 0.909. The molecular formula is C14H19NOS. The maximum Gasteiger partial charge on any atom is 0.150 e. The summed E-state index contributed by atoms with van der Waals surface area (Å²) in [5.74, 6) is 1.17. The molecule has 1 saturated heterocycles. The zero-order valence-corrected chi connectivity index (χ0v) is 11.5. The number of hydrogen-bond donors (Lipinski definition) is 0. The van der Waals surface area contributed by atoms with Crippen molar-refractivity contribution in [2.75, 3.05) is 23.7 Å². The van der Waals surface area contributed by atoms with Crippen molar-refractivity contribution in [1.29, 1.82) is 0 Å². The zero-order chi connectivity index (χ0) is 12.5. The van der Waals surface area contributed by atoms with Crippen molar-refractivity contribution in [3.63, 3.8) is 0 Å². The molecule has 0 aromatic heterocycles. The number of aryl methyl sites for hydroxylation is 1. The van der Waals surface area contributed by atoms with E-state index in [0.29, 0.717) is 4.75 Å². The van der Waals surface area contributed by atoms with E-state index in [4.69, 9.17) is 0 Å². The summed E-state index contributed by atoms with van der Waals surface area (Å²) in [4.78, 5) is 13.2. The van der Waals surface area contributed by atoms with Crippen LogP contribution in [0.3, 0.4) is 0 Å². The maximum absolute atomic E-state index is 10.7. The SMILES string of the molecule is Cc1cc(C=O)ccc1N1CCSC(C)(C)C1. The van der Waals surface area contributed by atoms with Gasteiger partial charge in [-0.1, -0.05) is 0 Å². The molecule has 1 aromatic rings. The molecule has 0 atom stereocenters. The Hall–Kier alpha value is -0.960. The first-order valence-corrected chi connectivity index (χ1v) is 6.95. The molecule has 0 N–H and O–H groups in total. The minimum atomic E-state index is 0.314. The summed E-state index contributed by atoms with van der Waals surface area (Å²) in [6.45, 7) is 8.82. The van der Waals surface area contributed by atoms with E-state index < -0.39 is 0 Å². The lowest BCUT2D eigenvalue weighted by Gasteiger charge is -2.39. The van der Waals surface area contributed by atoms with Gasteiger partial charge in [-0.3, -0.25) is 4.79 Å². The summed E-state index contributed by atoms with van der Waals surface area (Å²) in [7, 11) is 0. The summed E-state index contributed by atoms with van der Waals surface area (Å²) in [6, 6.07) is 5.95. The minimum Gasteiger partial charge on any atom is -0.369 e. The largest absolute Gasteiger partial charge is 0.369 e. The first-order valence-electron chi connectivity index (χ1n) is 5.96. The van der Waals surface area contributed by atoms with Gasteiger partial charge in [0, 0.05) is 34.8 Å². The molecule has 17 heavy (non-hydrogen) atoms. The number of hydrogen-bond acceptors (Lipinski definition) is 3. The van der Waals surface area contributed by atoms with Crippen molar-refractivity contribution in [2.45, 2.75) is 25.5 Å². The second-order valence-electron chi connectivity index (χ2n) is 5.19. The second-order valence-corrected chi connectivity index (χ2v) is 7.00. The van der Waals surface area contributed by atoms with Gasteiger partial charge in [0.05, 0.1) is 0 Å². The fourth-order valence-electron chi connectivity index (χ4n) is 2.33. The molecule has 0 saturated carbocycles. The van der Waals surface area contributed by atoms with E-state index in [-0.39, 0.29) is 0 Å². The molecule has 0 spiro atoms. The number of rotatable bonds is 2. The highest BCUT2D eigenvalue weighted by Crippen LogP contribution is 2.33. The van der Waals surface area contributed by atoms with Gasteiger partial charge in [0.15, 0.2) is 0 Å². The molecule has 0 radical (unpaired) electrons. The molecule has 0 aliphatic carbocycles. The van der Waals surface area contributed by atoms with Crippen LogP contribution in [0.25, 0.3) is 0 Å². The summed E-state index contributed by atoms with van der Waals surface area (Å²) in [5.41, 5.74) is 3.22. The lowest BCUT2D eigenvalue weighted by molar-refractivity contribution is 0.112. The molecule has 1 aromatic carbocycles. The lowest BCUT2D eigenvalue weighted by atomic mass is 10.1. The Bertz CT molecular complexity index is 428. The first kappa shape index (κ1) is 12.5. The van der Waals surface area contributed by atoms with Gasteiger partial charge in [-0.15, -0.1) is 0 Å². The number of aldehydes is 1. The summed E-state index contributed by atoms with van der Waals surface area (Å²) in [5, 5.41) is 0. The van der Waals surface area contributed by atoms with Crippen LogP contribution < -0.4 is 4.90 Å². The highest BCUT2D eigenvalue weighted by molar-refractivity contribution is 8.00. The van der Waals surface area contributed by atoms with Gasteiger partial charge in [-0.05, 0) is 44.5 Å². The van der Waals surface area contributed by atoms with Crippen molar-refractivity contribution in [1.82, 2.24) is 0 Å². The average Bonchev–Trinajstić information content (AvgIpc) is 2.27. The Kier molecular flexibility index (Phi) is 3.48. The normalized spacial score (nSPS) is 19.1. The molecule has 2 nitrogen and oxygen atoms in total. The molecule has 1 heterocycles. The number of anilines is 1. The van der Waals surface area contributed by atoms with E-state index in [9.17, 15) is 4.79 Å². The number of thioether (sulfide) groups is 1. The van der Waals surface area contributed by atoms with Gasteiger partial charge in [-0.2, -0.15) is 11.8 Å². The van der Waals surface area contributed by atoms with Crippen LogP contribution in [0.1, 0.15) is 29.8 Å².